The van der Waals surface area contributed by atoms with Crippen molar-refractivity contribution in [3.63, 3.8) is 0 Å². The molecule has 9 heteroatoms. The van der Waals surface area contributed by atoms with Crippen LogP contribution in [0.25, 0.3) is 10.2 Å². The SMILES string of the molecule is C[C@@H]1CCc2c(sc3nc(CN4CCOCC4)nc(N4CCC[C@@H](C(=O)N5CCOCC5)C4)c23)C1. The number of anilines is 1. The van der Waals surface area contributed by atoms with Crippen LogP contribution in [0, 0.1) is 11.8 Å². The number of thiophene rings is 1. The van der Waals surface area contributed by atoms with Crippen LogP contribution in [0.4, 0.5) is 5.82 Å². The Bertz CT molecular complexity index is 1060. The number of nitrogens with zero attached hydrogens (tertiary/aromatic N) is 5. The molecule has 6 rings (SSSR count). The number of aryl methyl sites for hydroxylation is 1. The maximum Gasteiger partial charge on any atom is 0.227 e. The molecule has 0 N–H and O–H groups in total. The summed E-state index contributed by atoms with van der Waals surface area (Å²) in [4.78, 5) is 33.1. The number of ether oxygens (including phenoxy) is 2. The largest absolute Gasteiger partial charge is 0.379 e. The molecule has 1 amide bonds. The zero-order chi connectivity index (χ0) is 23.8. The van der Waals surface area contributed by atoms with Gasteiger partial charge in [-0.15, -0.1) is 11.3 Å². The van der Waals surface area contributed by atoms with Crippen LogP contribution in [0.3, 0.4) is 0 Å². The molecular weight excluding hydrogens is 462 g/mol. The van der Waals surface area contributed by atoms with Crippen molar-refractivity contribution < 1.29 is 14.3 Å². The van der Waals surface area contributed by atoms with Crippen LogP contribution in [0.15, 0.2) is 0 Å². The molecule has 0 saturated carbocycles. The second-order valence-corrected chi connectivity index (χ2v) is 11.7. The molecule has 190 valence electrons. The van der Waals surface area contributed by atoms with Crippen molar-refractivity contribution in [3.8, 4) is 0 Å². The minimum Gasteiger partial charge on any atom is -0.379 e. The third-order valence-corrected chi connectivity index (χ3v) is 9.19. The van der Waals surface area contributed by atoms with Gasteiger partial charge in [0.1, 0.15) is 16.5 Å². The molecule has 2 aromatic heterocycles. The van der Waals surface area contributed by atoms with Crippen molar-refractivity contribution in [1.29, 1.82) is 0 Å². The summed E-state index contributed by atoms with van der Waals surface area (Å²) in [6.07, 6.45) is 5.47. The molecule has 8 nitrogen and oxygen atoms in total. The average molecular weight is 500 g/mol. The van der Waals surface area contributed by atoms with Crippen LogP contribution in [-0.2, 0) is 33.7 Å². The van der Waals surface area contributed by atoms with Gasteiger partial charge in [-0.2, -0.15) is 0 Å². The molecule has 2 atom stereocenters. The van der Waals surface area contributed by atoms with E-state index in [4.69, 9.17) is 19.4 Å². The third-order valence-electron chi connectivity index (χ3n) is 8.04. The lowest BCUT2D eigenvalue weighted by Crippen LogP contribution is -2.48. The first-order valence-electron chi connectivity index (χ1n) is 13.4. The summed E-state index contributed by atoms with van der Waals surface area (Å²) in [5.74, 6) is 3.03. The van der Waals surface area contributed by atoms with Crippen LogP contribution in [0.2, 0.25) is 0 Å². The Kier molecular flexibility index (Phi) is 6.93. The van der Waals surface area contributed by atoms with Gasteiger partial charge in [-0.3, -0.25) is 9.69 Å². The van der Waals surface area contributed by atoms with Gasteiger partial charge < -0.3 is 19.3 Å². The number of hydrogen-bond acceptors (Lipinski definition) is 8. The molecule has 5 heterocycles. The molecule has 3 saturated heterocycles. The van der Waals surface area contributed by atoms with Crippen molar-refractivity contribution in [1.82, 2.24) is 19.8 Å². The topological polar surface area (TPSA) is 71.0 Å². The molecule has 1 aliphatic carbocycles. The highest BCUT2D eigenvalue weighted by atomic mass is 32.1. The van der Waals surface area contributed by atoms with Gasteiger partial charge in [0.05, 0.1) is 44.3 Å². The van der Waals surface area contributed by atoms with Gasteiger partial charge in [0.25, 0.3) is 0 Å². The fourth-order valence-electron chi connectivity index (χ4n) is 6.04. The van der Waals surface area contributed by atoms with Crippen LogP contribution in [-0.4, -0.2) is 91.4 Å². The average Bonchev–Trinajstić information content (AvgIpc) is 3.26. The van der Waals surface area contributed by atoms with Crippen molar-refractivity contribution in [2.75, 3.05) is 70.6 Å². The van der Waals surface area contributed by atoms with Gasteiger partial charge in [0, 0.05) is 44.1 Å². The Morgan fingerprint density at radius 2 is 1.80 bits per heavy atom. The van der Waals surface area contributed by atoms with E-state index in [2.05, 4.69) is 16.7 Å². The predicted molar refractivity (Wildman–Crippen MR) is 137 cm³/mol. The quantitative estimate of drug-likeness (QED) is 0.641. The number of carbonyl (C=O) groups excluding carboxylic acids is 1. The minimum absolute atomic E-state index is 0.0315. The Morgan fingerprint density at radius 3 is 2.60 bits per heavy atom. The van der Waals surface area contributed by atoms with E-state index in [0.29, 0.717) is 26.3 Å². The highest BCUT2D eigenvalue weighted by Crippen LogP contribution is 2.42. The van der Waals surface area contributed by atoms with E-state index >= 15 is 0 Å². The standard InChI is InChI=1S/C26H37N5O3S/c1-18-4-5-20-21(15-18)35-25-23(20)24(27-22(28-25)17-29-7-11-33-12-8-29)31-6-2-3-19(16-31)26(32)30-9-13-34-14-10-30/h18-19H,2-17H2,1H3/t18-,19-/m1/s1. The monoisotopic (exact) mass is 499 g/mol. The molecule has 0 bridgehead atoms. The van der Waals surface area contributed by atoms with Crippen molar-refractivity contribution in [2.24, 2.45) is 11.8 Å². The Morgan fingerprint density at radius 1 is 1.03 bits per heavy atom. The number of amides is 1. The summed E-state index contributed by atoms with van der Waals surface area (Å²) >= 11 is 1.88. The number of hydrogen-bond donors (Lipinski definition) is 0. The van der Waals surface area contributed by atoms with E-state index in [9.17, 15) is 4.79 Å². The molecule has 0 spiro atoms. The number of carbonyl (C=O) groups is 1. The highest BCUT2D eigenvalue weighted by Gasteiger charge is 2.33. The normalized spacial score (nSPS) is 26.2. The van der Waals surface area contributed by atoms with E-state index in [1.807, 2.05) is 16.2 Å². The molecule has 4 aliphatic rings. The summed E-state index contributed by atoms with van der Waals surface area (Å²) in [5, 5.41) is 1.27. The Balaban J connectivity index is 1.33. The van der Waals surface area contributed by atoms with Crippen LogP contribution in [0.5, 0.6) is 0 Å². The summed E-state index contributed by atoms with van der Waals surface area (Å²) in [7, 11) is 0. The van der Waals surface area contributed by atoms with Crippen LogP contribution < -0.4 is 4.90 Å². The zero-order valence-electron chi connectivity index (χ0n) is 20.8. The molecule has 2 aromatic rings. The lowest BCUT2D eigenvalue weighted by molar-refractivity contribution is -0.139. The lowest BCUT2D eigenvalue weighted by Gasteiger charge is -2.37. The first-order chi connectivity index (χ1) is 17.2. The van der Waals surface area contributed by atoms with Crippen LogP contribution in [0.1, 0.15) is 42.5 Å². The summed E-state index contributed by atoms with van der Waals surface area (Å²) in [6, 6.07) is 0. The lowest BCUT2D eigenvalue weighted by atomic mass is 9.89. The Labute approximate surface area is 211 Å². The molecule has 0 unspecified atom stereocenters. The van der Waals surface area contributed by atoms with E-state index in [-0.39, 0.29) is 11.8 Å². The summed E-state index contributed by atoms with van der Waals surface area (Å²) < 4.78 is 11.0. The fourth-order valence-corrected chi connectivity index (χ4v) is 7.43. The zero-order valence-corrected chi connectivity index (χ0v) is 21.7. The fraction of sp³-hybridized carbons (Fsp3) is 0.731. The van der Waals surface area contributed by atoms with Crippen molar-refractivity contribution >= 4 is 33.3 Å². The predicted octanol–water partition coefficient (Wildman–Crippen LogP) is 2.72. The van der Waals surface area contributed by atoms with Gasteiger partial charge in [-0.05, 0) is 43.6 Å². The van der Waals surface area contributed by atoms with E-state index < -0.39 is 0 Å². The van der Waals surface area contributed by atoms with Gasteiger partial charge in [-0.25, -0.2) is 9.97 Å². The maximum absolute atomic E-state index is 13.3. The van der Waals surface area contributed by atoms with E-state index in [1.54, 1.807) is 0 Å². The number of fused-ring (bicyclic) bond motifs is 3. The molecular formula is C26H37N5O3S. The van der Waals surface area contributed by atoms with Gasteiger partial charge >= 0.3 is 0 Å². The van der Waals surface area contributed by atoms with Gasteiger partial charge in [0.15, 0.2) is 0 Å². The molecule has 0 aromatic carbocycles. The maximum atomic E-state index is 13.3. The van der Waals surface area contributed by atoms with E-state index in [1.165, 1.54) is 22.2 Å². The molecule has 3 aliphatic heterocycles. The smallest absolute Gasteiger partial charge is 0.227 e. The Hall–Kier alpha value is -1.81. The number of piperidine rings is 1. The van der Waals surface area contributed by atoms with Crippen molar-refractivity contribution in [2.45, 2.75) is 45.6 Å². The first kappa shape index (κ1) is 23.6. The summed E-state index contributed by atoms with van der Waals surface area (Å²) in [6.45, 7) is 11.0. The molecule has 35 heavy (non-hydrogen) atoms. The van der Waals surface area contributed by atoms with E-state index in [0.717, 1.165) is 94.0 Å². The number of morpholine rings is 2. The highest BCUT2D eigenvalue weighted by molar-refractivity contribution is 7.19. The second kappa shape index (κ2) is 10.3. The second-order valence-electron chi connectivity index (χ2n) is 10.6. The van der Waals surface area contributed by atoms with Gasteiger partial charge in [0.2, 0.25) is 5.91 Å². The number of aromatic nitrogens is 2. The van der Waals surface area contributed by atoms with Crippen molar-refractivity contribution in [3.05, 3.63) is 16.3 Å². The molecule has 0 radical (unpaired) electrons. The number of rotatable bonds is 4. The minimum atomic E-state index is 0.0315. The first-order valence-corrected chi connectivity index (χ1v) is 14.2. The molecule has 3 fully saturated rings. The third kappa shape index (κ3) is 4.92. The van der Waals surface area contributed by atoms with Crippen LogP contribution >= 0.6 is 11.3 Å². The van der Waals surface area contributed by atoms with Gasteiger partial charge in [-0.1, -0.05) is 6.92 Å². The summed E-state index contributed by atoms with van der Waals surface area (Å²) in [5.41, 5.74) is 1.47.